The lowest BCUT2D eigenvalue weighted by Crippen LogP contribution is -2.40. The normalized spacial score (nSPS) is 16.6. The second-order valence-electron chi connectivity index (χ2n) is 6.07. The van der Waals surface area contributed by atoms with Crippen LogP contribution < -0.4 is 5.32 Å². The molecule has 1 aromatic rings. The van der Waals surface area contributed by atoms with Gasteiger partial charge in [0.15, 0.2) is 0 Å². The Bertz CT molecular complexity index is 632. The van der Waals surface area contributed by atoms with E-state index >= 15 is 0 Å². The summed E-state index contributed by atoms with van der Waals surface area (Å²) in [6, 6.07) is 6.17. The average Bonchev–Trinajstić information content (AvgIpc) is 3.04. The summed E-state index contributed by atoms with van der Waals surface area (Å²) in [5, 5.41) is 11.9. The number of halogens is 1. The van der Waals surface area contributed by atoms with Crippen LogP contribution in [-0.4, -0.2) is 64.9 Å². The summed E-state index contributed by atoms with van der Waals surface area (Å²) >= 11 is 0. The van der Waals surface area contributed by atoms with E-state index in [0.717, 1.165) is 6.42 Å². The van der Waals surface area contributed by atoms with Crippen molar-refractivity contribution < 1.29 is 19.5 Å². The monoisotopic (exact) mass is 383 g/mol. The second-order valence-corrected chi connectivity index (χ2v) is 6.07. The van der Waals surface area contributed by atoms with Crippen LogP contribution in [0.3, 0.4) is 0 Å². The van der Waals surface area contributed by atoms with Gasteiger partial charge in [0.05, 0.1) is 6.54 Å². The summed E-state index contributed by atoms with van der Waals surface area (Å²) in [5.74, 6) is -1.18. The van der Waals surface area contributed by atoms with E-state index in [1.807, 2.05) is 13.8 Å². The standard InChI is InChI=1S/C18H25N3O4.ClH/c1-3-20(4-2)17(23)13-7-9-14(10-8-13)19-16(22)12-21-11-5-6-15(21)18(24)25;/h7-10,15H,3-6,11-12H2,1-2H3,(H,19,22)(H,24,25);1H. The number of nitrogens with zero attached hydrogens (tertiary/aromatic N) is 2. The zero-order chi connectivity index (χ0) is 18.4. The molecule has 2 amide bonds. The van der Waals surface area contributed by atoms with Gasteiger partial charge in [0, 0.05) is 24.3 Å². The highest BCUT2D eigenvalue weighted by Gasteiger charge is 2.31. The number of amides is 2. The maximum absolute atomic E-state index is 12.2. The van der Waals surface area contributed by atoms with Crippen molar-refractivity contribution in [2.45, 2.75) is 32.7 Å². The van der Waals surface area contributed by atoms with Crippen molar-refractivity contribution in [3.05, 3.63) is 29.8 Å². The Hall–Kier alpha value is -2.12. The number of carbonyl (C=O) groups excluding carboxylic acids is 2. The van der Waals surface area contributed by atoms with Gasteiger partial charge in [-0.2, -0.15) is 0 Å². The molecule has 26 heavy (non-hydrogen) atoms. The fraction of sp³-hybridized carbons (Fsp3) is 0.500. The minimum atomic E-state index is -0.885. The topological polar surface area (TPSA) is 90.0 Å². The van der Waals surface area contributed by atoms with E-state index in [1.54, 1.807) is 34.1 Å². The zero-order valence-electron chi connectivity index (χ0n) is 15.1. The highest BCUT2D eigenvalue weighted by molar-refractivity contribution is 5.96. The fourth-order valence-corrected chi connectivity index (χ4v) is 3.07. The molecule has 2 rings (SSSR count). The molecule has 0 spiro atoms. The maximum atomic E-state index is 12.2. The minimum absolute atomic E-state index is 0. The average molecular weight is 384 g/mol. The van der Waals surface area contributed by atoms with Gasteiger partial charge in [-0.05, 0) is 57.5 Å². The molecule has 7 nitrogen and oxygen atoms in total. The Balaban J connectivity index is 0.00000338. The molecule has 1 unspecified atom stereocenters. The van der Waals surface area contributed by atoms with Crippen molar-refractivity contribution in [3.63, 3.8) is 0 Å². The molecule has 1 heterocycles. The molecular formula is C18H26ClN3O4. The van der Waals surface area contributed by atoms with E-state index in [9.17, 15) is 14.4 Å². The number of likely N-dealkylation sites (tertiary alicyclic amines) is 1. The Morgan fingerprint density at radius 1 is 1.19 bits per heavy atom. The Labute approximate surface area is 159 Å². The highest BCUT2D eigenvalue weighted by atomic mass is 35.5. The van der Waals surface area contributed by atoms with E-state index in [1.165, 1.54) is 0 Å². The summed E-state index contributed by atoms with van der Waals surface area (Å²) in [5.41, 5.74) is 1.17. The molecule has 1 fully saturated rings. The molecule has 1 saturated heterocycles. The molecule has 0 saturated carbocycles. The van der Waals surface area contributed by atoms with Gasteiger partial charge in [-0.25, -0.2) is 0 Å². The Morgan fingerprint density at radius 2 is 1.81 bits per heavy atom. The zero-order valence-corrected chi connectivity index (χ0v) is 15.9. The van der Waals surface area contributed by atoms with Crippen LogP contribution in [0.5, 0.6) is 0 Å². The van der Waals surface area contributed by atoms with Crippen molar-refractivity contribution >= 4 is 35.9 Å². The van der Waals surface area contributed by atoms with Gasteiger partial charge in [-0.3, -0.25) is 19.3 Å². The molecule has 0 aliphatic carbocycles. The minimum Gasteiger partial charge on any atom is -0.480 e. The molecule has 1 aliphatic heterocycles. The molecule has 2 N–H and O–H groups in total. The van der Waals surface area contributed by atoms with Gasteiger partial charge in [-0.15, -0.1) is 12.4 Å². The lowest BCUT2D eigenvalue weighted by Gasteiger charge is -2.20. The number of carboxylic acids is 1. The van der Waals surface area contributed by atoms with E-state index in [2.05, 4.69) is 5.32 Å². The Morgan fingerprint density at radius 3 is 2.35 bits per heavy atom. The summed E-state index contributed by atoms with van der Waals surface area (Å²) in [6.07, 6.45) is 1.36. The number of hydrogen-bond donors (Lipinski definition) is 2. The molecule has 0 bridgehead atoms. The number of carboxylic acid groups (broad SMARTS) is 1. The van der Waals surface area contributed by atoms with Crippen LogP contribution in [0, 0.1) is 0 Å². The molecule has 1 aromatic carbocycles. The molecule has 1 aliphatic rings. The first-order chi connectivity index (χ1) is 12.0. The smallest absolute Gasteiger partial charge is 0.320 e. The highest BCUT2D eigenvalue weighted by Crippen LogP contribution is 2.17. The number of rotatable bonds is 7. The molecular weight excluding hydrogens is 358 g/mol. The molecule has 0 radical (unpaired) electrons. The lowest BCUT2D eigenvalue weighted by molar-refractivity contribution is -0.142. The summed E-state index contributed by atoms with van der Waals surface area (Å²) in [4.78, 5) is 38.9. The number of aliphatic carboxylic acids is 1. The number of hydrogen-bond acceptors (Lipinski definition) is 4. The van der Waals surface area contributed by atoms with Crippen molar-refractivity contribution in [3.8, 4) is 0 Å². The van der Waals surface area contributed by atoms with Crippen LogP contribution in [-0.2, 0) is 9.59 Å². The van der Waals surface area contributed by atoms with Crippen LogP contribution in [0.1, 0.15) is 37.0 Å². The third kappa shape index (κ3) is 5.44. The number of nitrogens with one attached hydrogen (secondary N) is 1. The van der Waals surface area contributed by atoms with E-state index in [-0.39, 0.29) is 30.8 Å². The SMILES string of the molecule is CCN(CC)C(=O)c1ccc(NC(=O)CN2CCCC2C(=O)O)cc1.Cl. The lowest BCUT2D eigenvalue weighted by atomic mass is 10.1. The molecule has 0 aromatic heterocycles. The Kier molecular flexibility index (Phi) is 8.54. The van der Waals surface area contributed by atoms with E-state index in [0.29, 0.717) is 37.3 Å². The van der Waals surface area contributed by atoms with Crippen LogP contribution in [0.15, 0.2) is 24.3 Å². The maximum Gasteiger partial charge on any atom is 0.320 e. The van der Waals surface area contributed by atoms with Crippen molar-refractivity contribution in [2.24, 2.45) is 0 Å². The quantitative estimate of drug-likeness (QED) is 0.752. The van der Waals surface area contributed by atoms with Crippen LogP contribution in [0.4, 0.5) is 5.69 Å². The fourth-order valence-electron chi connectivity index (χ4n) is 3.07. The van der Waals surface area contributed by atoms with Gasteiger partial charge in [0.1, 0.15) is 6.04 Å². The van der Waals surface area contributed by atoms with Crippen LogP contribution in [0.2, 0.25) is 0 Å². The van der Waals surface area contributed by atoms with Crippen LogP contribution in [0.25, 0.3) is 0 Å². The third-order valence-corrected chi connectivity index (χ3v) is 4.46. The first-order valence-electron chi connectivity index (χ1n) is 8.62. The second kappa shape index (κ2) is 10.1. The van der Waals surface area contributed by atoms with E-state index in [4.69, 9.17) is 5.11 Å². The first kappa shape index (κ1) is 21.9. The van der Waals surface area contributed by atoms with Crippen molar-refractivity contribution in [2.75, 3.05) is 31.5 Å². The number of carbonyl (C=O) groups is 3. The first-order valence-corrected chi connectivity index (χ1v) is 8.62. The van der Waals surface area contributed by atoms with Gasteiger partial charge < -0.3 is 15.3 Å². The van der Waals surface area contributed by atoms with Gasteiger partial charge in [0.2, 0.25) is 5.91 Å². The summed E-state index contributed by atoms with van der Waals surface area (Å²) in [6.45, 7) is 5.82. The predicted octanol–water partition coefficient (Wildman–Crippen LogP) is 2.08. The number of anilines is 1. The molecule has 1 atom stereocenters. The molecule has 8 heteroatoms. The predicted molar refractivity (Wildman–Crippen MR) is 102 cm³/mol. The van der Waals surface area contributed by atoms with Gasteiger partial charge in [-0.1, -0.05) is 0 Å². The van der Waals surface area contributed by atoms with Gasteiger partial charge in [0.25, 0.3) is 5.91 Å². The van der Waals surface area contributed by atoms with Crippen molar-refractivity contribution in [1.29, 1.82) is 0 Å². The van der Waals surface area contributed by atoms with Crippen LogP contribution >= 0.6 is 12.4 Å². The van der Waals surface area contributed by atoms with E-state index < -0.39 is 12.0 Å². The third-order valence-electron chi connectivity index (χ3n) is 4.46. The van der Waals surface area contributed by atoms with Crippen molar-refractivity contribution in [1.82, 2.24) is 9.80 Å². The summed E-state index contributed by atoms with van der Waals surface area (Å²) in [7, 11) is 0. The van der Waals surface area contributed by atoms with Gasteiger partial charge >= 0.3 is 5.97 Å². The largest absolute Gasteiger partial charge is 0.480 e. The summed E-state index contributed by atoms with van der Waals surface area (Å²) < 4.78 is 0. The molecule has 144 valence electrons. The number of benzene rings is 1.